The minimum absolute atomic E-state index is 0. The third kappa shape index (κ3) is 113. The number of hydrogen-bond acceptors (Lipinski definition) is 22. The van der Waals surface area contributed by atoms with E-state index in [0.717, 1.165) is 55.8 Å². The van der Waals surface area contributed by atoms with Gasteiger partial charge in [0.25, 0.3) is 0 Å². The van der Waals surface area contributed by atoms with E-state index in [-0.39, 0.29) is 128 Å². The first-order valence-electron chi connectivity index (χ1n) is 35.7. The van der Waals surface area contributed by atoms with Crippen molar-refractivity contribution >= 4 is 120 Å². The Morgan fingerprint density at radius 2 is 0.723 bits per heavy atom. The van der Waals surface area contributed by atoms with Gasteiger partial charge in [0.15, 0.2) is 16.6 Å². The van der Waals surface area contributed by atoms with Crippen LogP contribution in [0.1, 0.15) is 211 Å². The summed E-state index contributed by atoms with van der Waals surface area (Å²) in [6.07, 6.45) is 4.26. The van der Waals surface area contributed by atoms with E-state index in [9.17, 15) is 14.7 Å². The van der Waals surface area contributed by atoms with E-state index in [1.165, 1.54) is 18.4 Å². The van der Waals surface area contributed by atoms with E-state index >= 15 is 0 Å². The molecule has 1 aromatic rings. The Balaban J connectivity index is -0.0000000558. The smallest absolute Gasteiger partial charge is 0.322 e. The third-order valence-electron chi connectivity index (χ3n) is 12.0. The summed E-state index contributed by atoms with van der Waals surface area (Å²) in [7, 11) is -26.5. The Labute approximate surface area is 722 Å². The molecule has 0 aliphatic heterocycles. The van der Waals surface area contributed by atoms with Gasteiger partial charge in [-0.3, -0.25) is 4.79 Å². The number of ether oxygens (including phenoxy) is 5. The fourth-order valence-corrected chi connectivity index (χ4v) is 58.7. The molecule has 704 valence electrons. The van der Waals surface area contributed by atoms with Crippen LogP contribution in [0.25, 0.3) is 0 Å². The number of aryl methyl sites for hydroxylation is 1. The van der Waals surface area contributed by atoms with Crippen molar-refractivity contribution in [1.82, 2.24) is 0 Å². The van der Waals surface area contributed by atoms with Gasteiger partial charge in [0.1, 0.15) is 12.4 Å². The monoisotopic (exact) mass is 1850 g/mol. The van der Waals surface area contributed by atoms with Crippen LogP contribution < -0.4 is 4.74 Å². The van der Waals surface area contributed by atoms with Crippen molar-refractivity contribution in [3.8, 4) is 5.75 Å². The summed E-state index contributed by atoms with van der Waals surface area (Å²) in [4.78, 5) is 29.2. The Kier molecular flexibility index (Phi) is 119. The third-order valence-corrected chi connectivity index (χ3v) is 52.6. The van der Waals surface area contributed by atoms with Crippen LogP contribution in [0.15, 0.2) is 24.3 Å². The number of rotatable bonds is 42. The minimum Gasteiger partial charge on any atom is -0.491 e. The lowest BCUT2D eigenvalue weighted by Gasteiger charge is -2.44. The first-order chi connectivity index (χ1) is 44.1. The highest BCUT2D eigenvalue weighted by molar-refractivity contribution is 7.99. The quantitative estimate of drug-likeness (QED) is 0.0301. The van der Waals surface area contributed by atoms with E-state index in [1.54, 1.807) is 38.9 Å². The molecule has 4 unspecified atom stereocenters. The number of unbranched alkanes of at least 4 members (excludes halogenated alkanes) is 1. The van der Waals surface area contributed by atoms with Gasteiger partial charge < -0.3 is 90.1 Å². The first-order valence-corrected chi connectivity index (χ1v) is 71.9. The summed E-state index contributed by atoms with van der Waals surface area (Å²) in [6, 6.07) is 9.06. The average molecular weight is 1860 g/mol. The van der Waals surface area contributed by atoms with Crippen LogP contribution in [0.5, 0.6) is 5.75 Å². The molecule has 0 saturated carbocycles. The average Bonchev–Trinajstić information content (AvgIpc) is 0.805. The normalized spacial score (nSPS) is 12.3. The van der Waals surface area contributed by atoms with Gasteiger partial charge in [0.05, 0.1) is 50.3 Å². The standard InChI is InChI=1S/C22H66O10Si10.C14H22O2.C8H16O2S.C6H16O3Si.C6H14O2.C4H12OSi.C4H10O.14CH4/c1-23-34(5,6)25-36(9,10)27-38(13,14)29-40(17,18)31-42(21,22)32-41(19,20)30-39(15,16)28-37(11,12)26-35(7,8)24-33(2,3)4;1-3-5-8-12-9-6-7-10-14(12)16-11-13(15)4-2;1-4-10-8(9)7(3)6-11-5-2;1-6(7)4-9-5-10(2,3)8;1-3-6(7)5-8-4-2;1-4-6(2,3)5;1-3-5-4-2;;;;;;;;;;;;;;/h1-22H3;6-7,9-10,13,15H,3-5,8,11H2,1-2H3;7H,4-6H2,1-3H3;6-8H,4-5H2,1-3H3;6-7H,3-5H2,1-2H3;5H,4H2,1-3H3;3-4H2,1-2H3;14*1H4. The van der Waals surface area contributed by atoms with Crippen molar-refractivity contribution < 1.29 is 94.9 Å². The largest absolute Gasteiger partial charge is 0.491 e. The fourth-order valence-electron chi connectivity index (χ4n) is 8.91. The molecule has 0 radical (unpaired) electrons. The molecular weight excluding hydrogens is 1640 g/mol. The Hall–Kier alpha value is 0.723. The van der Waals surface area contributed by atoms with E-state index in [2.05, 4.69) is 131 Å². The topological polar surface area (TPSA) is 257 Å². The van der Waals surface area contributed by atoms with Crippen molar-refractivity contribution in [2.24, 2.45) is 5.92 Å². The minimum atomic E-state index is -2.65. The number of carbonyl (C=O) groups excluding carboxylic acids is 1. The highest BCUT2D eigenvalue weighted by Gasteiger charge is 2.50. The number of hydrogen-bond donors (Lipinski definition) is 5. The first kappa shape index (κ1) is 164. The lowest BCUT2D eigenvalue weighted by molar-refractivity contribution is -0.146. The van der Waals surface area contributed by atoms with Crippen molar-refractivity contribution in [2.75, 3.05) is 71.1 Å². The van der Waals surface area contributed by atoms with Crippen LogP contribution in [0.3, 0.4) is 0 Å². The van der Waals surface area contributed by atoms with Crippen molar-refractivity contribution in [3.63, 3.8) is 0 Å². The maximum absolute atomic E-state index is 11.0. The van der Waals surface area contributed by atoms with E-state index < -0.39 is 108 Å². The van der Waals surface area contributed by atoms with E-state index in [4.69, 9.17) is 80.2 Å². The molecule has 5 N–H and O–H groups in total. The zero-order valence-corrected chi connectivity index (χ0v) is 82.4. The molecular formula is C78H212O21SSi12. The van der Waals surface area contributed by atoms with Gasteiger partial charge in [-0.15, -0.1) is 0 Å². The van der Waals surface area contributed by atoms with Crippen LogP contribution in [0, 0.1) is 5.92 Å². The molecule has 0 amide bonds. The lowest BCUT2D eigenvalue weighted by atomic mass is 10.1. The van der Waals surface area contributed by atoms with Crippen LogP contribution in [0.2, 0.25) is 170 Å². The maximum Gasteiger partial charge on any atom is 0.322 e. The molecule has 0 bridgehead atoms. The Morgan fingerprint density at radius 3 is 0.973 bits per heavy atom. The van der Waals surface area contributed by atoms with Crippen molar-refractivity contribution in [3.05, 3.63) is 29.8 Å². The summed E-state index contributed by atoms with van der Waals surface area (Å²) in [5.74, 6) is 2.82. The fraction of sp³-hybridized carbons (Fsp3) is 0.910. The van der Waals surface area contributed by atoms with E-state index in [1.807, 2.05) is 113 Å². The van der Waals surface area contributed by atoms with Crippen molar-refractivity contribution in [2.45, 2.75) is 400 Å². The van der Waals surface area contributed by atoms with Gasteiger partial charge in [-0.25, -0.2) is 0 Å². The summed E-state index contributed by atoms with van der Waals surface area (Å²) in [5.41, 5.74) is 1.24. The molecule has 4 atom stereocenters. The second-order valence-corrected chi connectivity index (χ2v) is 76.8. The van der Waals surface area contributed by atoms with Gasteiger partial charge in [-0.05, 0) is 247 Å². The number of aliphatic hydroxyl groups excluding tert-OH is 3. The molecule has 0 aromatic heterocycles. The van der Waals surface area contributed by atoms with Gasteiger partial charge in [-0.1, -0.05) is 170 Å². The van der Waals surface area contributed by atoms with E-state index in [0.29, 0.717) is 39.3 Å². The zero-order valence-electron chi connectivity index (χ0n) is 69.6. The molecule has 21 nitrogen and oxygen atoms in total. The van der Waals surface area contributed by atoms with Gasteiger partial charge in [0.2, 0.25) is 8.32 Å². The second-order valence-electron chi connectivity index (χ2n) is 30.1. The van der Waals surface area contributed by atoms with Crippen molar-refractivity contribution in [1.29, 1.82) is 0 Å². The highest BCUT2D eigenvalue weighted by atomic mass is 32.2. The summed E-state index contributed by atoms with van der Waals surface area (Å²) in [5, 5.41) is 27.1. The SMILES string of the molecule is C.C.C.C.C.C.C.C.C.C.C.C.C.C.CC(O)COC[Si](C)(C)O.CCCCc1ccccc1OCC(O)CC.CCOC(=O)C(C)CSCC.CCOCC.CCOCC(O)CC.CC[Si](C)(C)O.CO[Si](C)(C)O[Si](C)(C)O[Si](C)(C)O[Si](C)(C)O[Si](C)(C)O[Si](C)(C)O[Si](C)(C)O[Si](C)(C)O[Si](C)(C)O[Si](C)(C)C. The molecule has 0 spiro atoms. The second kappa shape index (κ2) is 81.4. The predicted octanol–water partition coefficient (Wildman–Crippen LogP) is 25.1. The van der Waals surface area contributed by atoms with Crippen LogP contribution in [-0.4, -0.2) is 222 Å². The molecule has 0 fully saturated rings. The predicted molar refractivity (Wildman–Crippen MR) is 535 cm³/mol. The number of aliphatic hydroxyl groups is 3. The Bertz CT molecular complexity index is 2110. The number of para-hydroxylation sites is 1. The van der Waals surface area contributed by atoms with Gasteiger partial charge >= 0.3 is 83.0 Å². The van der Waals surface area contributed by atoms with Gasteiger partial charge in [0, 0.05) is 32.7 Å². The molecule has 0 saturated heterocycles. The number of benzene rings is 1. The molecule has 0 heterocycles. The summed E-state index contributed by atoms with van der Waals surface area (Å²) >= 11 is 1.77. The van der Waals surface area contributed by atoms with Crippen LogP contribution in [-0.2, 0) is 71.6 Å². The Morgan fingerprint density at radius 1 is 0.411 bits per heavy atom. The zero-order chi connectivity index (χ0) is 78.5. The molecule has 34 heteroatoms. The van der Waals surface area contributed by atoms with Crippen LogP contribution in [0.4, 0.5) is 0 Å². The molecule has 0 aliphatic carbocycles. The summed E-state index contributed by atoms with van der Waals surface area (Å²) < 4.78 is 90.3. The highest BCUT2D eigenvalue weighted by Crippen LogP contribution is 2.31. The number of thioether (sulfide) groups is 1. The van der Waals surface area contributed by atoms with Gasteiger partial charge in [-0.2, -0.15) is 11.8 Å². The lowest BCUT2D eigenvalue weighted by Crippen LogP contribution is -2.62. The number of carbonyl (C=O) groups is 1. The molecule has 112 heavy (non-hydrogen) atoms. The molecule has 0 aliphatic rings. The molecule has 1 aromatic carbocycles. The molecule has 1 rings (SSSR count). The number of esters is 1. The summed E-state index contributed by atoms with van der Waals surface area (Å²) in [6.45, 7) is 76.7. The maximum atomic E-state index is 11.0. The van der Waals surface area contributed by atoms with Crippen LogP contribution >= 0.6 is 11.8 Å².